The number of esters is 2. The van der Waals surface area contributed by atoms with Gasteiger partial charge in [0.1, 0.15) is 0 Å². The van der Waals surface area contributed by atoms with Gasteiger partial charge < -0.3 is 14.2 Å². The highest BCUT2D eigenvalue weighted by atomic mass is 16.8. The number of ether oxygens (including phenoxy) is 3. The molecule has 0 amide bonds. The van der Waals surface area contributed by atoms with Gasteiger partial charge in [0, 0.05) is 24.0 Å². The van der Waals surface area contributed by atoms with Crippen LogP contribution in [0.5, 0.6) is 0 Å². The van der Waals surface area contributed by atoms with Crippen LogP contribution >= 0.6 is 0 Å². The zero-order chi connectivity index (χ0) is 15.0. The predicted molar refractivity (Wildman–Crippen MR) is 71.1 cm³/mol. The van der Waals surface area contributed by atoms with E-state index in [0.29, 0.717) is 12.8 Å². The maximum absolute atomic E-state index is 11.4. The third kappa shape index (κ3) is 6.76. The van der Waals surface area contributed by atoms with Crippen molar-refractivity contribution >= 4 is 11.9 Å². The zero-order valence-corrected chi connectivity index (χ0v) is 12.0. The van der Waals surface area contributed by atoms with Crippen LogP contribution in [0.3, 0.4) is 0 Å². The van der Waals surface area contributed by atoms with Crippen LogP contribution in [0.4, 0.5) is 0 Å². The third-order valence-electron chi connectivity index (χ3n) is 2.14. The van der Waals surface area contributed by atoms with E-state index in [0.717, 1.165) is 0 Å². The van der Waals surface area contributed by atoms with Gasteiger partial charge in [-0.3, -0.25) is 0 Å². The van der Waals surface area contributed by atoms with Crippen LogP contribution in [0.1, 0.15) is 40.5 Å². The molecule has 108 valence electrons. The first kappa shape index (κ1) is 17.4. The molecule has 0 rings (SSSR count). The second kappa shape index (κ2) is 8.48. The van der Waals surface area contributed by atoms with E-state index in [1.807, 2.05) is 0 Å². The number of carbonyl (C=O) groups is 2. The summed E-state index contributed by atoms with van der Waals surface area (Å²) in [5.74, 6) is -1.07. The van der Waals surface area contributed by atoms with E-state index in [1.165, 1.54) is 0 Å². The molecule has 0 aromatic carbocycles. The Hall–Kier alpha value is -1.62. The van der Waals surface area contributed by atoms with Crippen molar-refractivity contribution in [2.75, 3.05) is 0 Å². The van der Waals surface area contributed by atoms with E-state index < -0.39 is 24.5 Å². The molecule has 0 aliphatic rings. The molecule has 0 bridgehead atoms. The minimum Gasteiger partial charge on any atom is -0.432 e. The molecule has 0 heterocycles. The number of hydrogen-bond donors (Lipinski definition) is 0. The Balaban J connectivity index is 4.47. The van der Waals surface area contributed by atoms with E-state index in [2.05, 4.69) is 13.2 Å². The predicted octanol–water partition coefficient (Wildman–Crippen LogP) is 2.71. The van der Waals surface area contributed by atoms with Crippen molar-refractivity contribution in [3.63, 3.8) is 0 Å². The van der Waals surface area contributed by atoms with Crippen molar-refractivity contribution < 1.29 is 23.8 Å². The molecule has 19 heavy (non-hydrogen) atoms. The van der Waals surface area contributed by atoms with E-state index in [9.17, 15) is 9.59 Å². The lowest BCUT2D eigenvalue weighted by Gasteiger charge is -2.23. The van der Waals surface area contributed by atoms with E-state index in [1.54, 1.807) is 27.7 Å². The van der Waals surface area contributed by atoms with Crippen LogP contribution in [-0.2, 0) is 23.8 Å². The second-order valence-corrected chi connectivity index (χ2v) is 4.18. The molecule has 0 fully saturated rings. The molecular formula is C14H22O5. The maximum Gasteiger partial charge on any atom is 0.335 e. The topological polar surface area (TPSA) is 61.8 Å². The van der Waals surface area contributed by atoms with Gasteiger partial charge in [-0.05, 0) is 13.8 Å². The van der Waals surface area contributed by atoms with Crippen molar-refractivity contribution in [1.29, 1.82) is 0 Å². The summed E-state index contributed by atoms with van der Waals surface area (Å²) < 4.78 is 15.5. The zero-order valence-electron chi connectivity index (χ0n) is 12.0. The molecule has 2 unspecified atom stereocenters. The SMILES string of the molecule is C=C(C)C(=O)OC(CC)OC(CC)OC(=O)C(=C)C. The fourth-order valence-corrected chi connectivity index (χ4v) is 1.02. The number of rotatable bonds is 8. The van der Waals surface area contributed by atoms with Crippen LogP contribution in [-0.4, -0.2) is 24.5 Å². The maximum atomic E-state index is 11.4. The van der Waals surface area contributed by atoms with Crippen molar-refractivity contribution in [3.05, 3.63) is 24.3 Å². The Morgan fingerprint density at radius 1 is 0.895 bits per heavy atom. The fourth-order valence-electron chi connectivity index (χ4n) is 1.02. The highest BCUT2D eigenvalue weighted by Crippen LogP contribution is 2.12. The van der Waals surface area contributed by atoms with Crippen LogP contribution in [0, 0.1) is 0 Å². The van der Waals surface area contributed by atoms with Gasteiger partial charge in [-0.25, -0.2) is 9.59 Å². The highest BCUT2D eigenvalue weighted by Gasteiger charge is 2.21. The van der Waals surface area contributed by atoms with Crippen molar-refractivity contribution in [2.45, 2.75) is 53.1 Å². The van der Waals surface area contributed by atoms with Crippen LogP contribution in [0.15, 0.2) is 24.3 Å². The summed E-state index contributed by atoms with van der Waals surface area (Å²) in [6, 6.07) is 0. The molecule has 5 heteroatoms. The van der Waals surface area contributed by atoms with Gasteiger partial charge in [0.25, 0.3) is 0 Å². The fraction of sp³-hybridized carbons (Fsp3) is 0.571. The van der Waals surface area contributed by atoms with Gasteiger partial charge in [0.15, 0.2) is 0 Å². The van der Waals surface area contributed by atoms with Crippen molar-refractivity contribution in [1.82, 2.24) is 0 Å². The van der Waals surface area contributed by atoms with Crippen LogP contribution in [0.25, 0.3) is 0 Å². The molecule has 2 atom stereocenters. The van der Waals surface area contributed by atoms with Gasteiger partial charge in [0.2, 0.25) is 12.6 Å². The summed E-state index contributed by atoms with van der Waals surface area (Å²) in [7, 11) is 0. The summed E-state index contributed by atoms with van der Waals surface area (Å²) >= 11 is 0. The Bertz CT molecular complexity index is 325. The van der Waals surface area contributed by atoms with E-state index >= 15 is 0 Å². The molecule has 0 saturated carbocycles. The largest absolute Gasteiger partial charge is 0.432 e. The van der Waals surface area contributed by atoms with Gasteiger partial charge >= 0.3 is 11.9 Å². The molecule has 0 radical (unpaired) electrons. The smallest absolute Gasteiger partial charge is 0.335 e. The summed E-state index contributed by atoms with van der Waals surface area (Å²) in [6.07, 6.45) is -0.653. The Kier molecular flexibility index (Phi) is 7.75. The first-order valence-corrected chi connectivity index (χ1v) is 6.20. The first-order valence-electron chi connectivity index (χ1n) is 6.20. The lowest BCUT2D eigenvalue weighted by Crippen LogP contribution is -2.30. The molecule has 0 saturated heterocycles. The Morgan fingerprint density at radius 3 is 1.42 bits per heavy atom. The average Bonchev–Trinajstić information content (AvgIpc) is 2.35. The summed E-state index contributed by atoms with van der Waals surface area (Å²) in [5.41, 5.74) is 0.572. The van der Waals surface area contributed by atoms with E-state index in [4.69, 9.17) is 14.2 Å². The first-order chi connectivity index (χ1) is 8.81. The monoisotopic (exact) mass is 270 g/mol. The van der Waals surface area contributed by atoms with E-state index in [-0.39, 0.29) is 11.1 Å². The van der Waals surface area contributed by atoms with Crippen LogP contribution in [0.2, 0.25) is 0 Å². The summed E-state index contributed by atoms with van der Waals surface area (Å²) in [4.78, 5) is 22.8. The standard InChI is InChI=1S/C14H22O5/c1-7-11(18-13(15)9(3)4)17-12(8-2)19-14(16)10(5)6/h11-12H,3,5,7-8H2,1-2,4,6H3. The van der Waals surface area contributed by atoms with Gasteiger partial charge in [-0.2, -0.15) is 0 Å². The van der Waals surface area contributed by atoms with Gasteiger partial charge in [-0.15, -0.1) is 0 Å². The molecule has 5 nitrogen and oxygen atoms in total. The minimum atomic E-state index is -0.771. The van der Waals surface area contributed by atoms with Gasteiger partial charge in [-0.1, -0.05) is 27.0 Å². The Morgan fingerprint density at radius 2 is 1.21 bits per heavy atom. The second-order valence-electron chi connectivity index (χ2n) is 4.18. The highest BCUT2D eigenvalue weighted by molar-refractivity contribution is 5.87. The number of carbonyl (C=O) groups excluding carboxylic acids is 2. The number of hydrogen-bond acceptors (Lipinski definition) is 5. The quantitative estimate of drug-likeness (QED) is 0.385. The molecule has 0 aromatic rings. The molecule has 0 aliphatic heterocycles. The molecule has 0 N–H and O–H groups in total. The molecule has 0 aliphatic carbocycles. The third-order valence-corrected chi connectivity index (χ3v) is 2.14. The normalized spacial score (nSPS) is 13.3. The van der Waals surface area contributed by atoms with Crippen molar-refractivity contribution in [2.24, 2.45) is 0 Å². The lowest BCUT2D eigenvalue weighted by atomic mass is 10.3. The minimum absolute atomic E-state index is 0.286. The Labute approximate surface area is 114 Å². The molecule has 0 spiro atoms. The van der Waals surface area contributed by atoms with Gasteiger partial charge in [0.05, 0.1) is 0 Å². The van der Waals surface area contributed by atoms with Crippen LogP contribution < -0.4 is 0 Å². The molecular weight excluding hydrogens is 248 g/mol. The lowest BCUT2D eigenvalue weighted by molar-refractivity contribution is -0.235. The van der Waals surface area contributed by atoms with Crippen molar-refractivity contribution in [3.8, 4) is 0 Å². The average molecular weight is 270 g/mol. The molecule has 0 aromatic heterocycles. The summed E-state index contributed by atoms with van der Waals surface area (Å²) in [6.45, 7) is 13.7. The summed E-state index contributed by atoms with van der Waals surface area (Å²) in [5, 5.41) is 0.